The summed E-state index contributed by atoms with van der Waals surface area (Å²) in [7, 11) is -3.57. The van der Waals surface area contributed by atoms with E-state index in [0.717, 1.165) is 12.8 Å². The largest absolute Gasteiger partial charge is 0.360 e. The summed E-state index contributed by atoms with van der Waals surface area (Å²) in [5.41, 5.74) is 0.344. The second-order valence-corrected chi connectivity index (χ2v) is 8.42. The standard InChI is InChI=1S/C18H23N3O4S/c1-13-11-17(21-25-13)20-18(22)15-7-9-16(10-8-15)26(23,24)19-12-14-5-3-2-4-6-14/h7-11,14,19H,2-6,12H2,1H3,(H,20,21,22). The highest BCUT2D eigenvalue weighted by molar-refractivity contribution is 7.89. The Morgan fingerprint density at radius 2 is 1.88 bits per heavy atom. The summed E-state index contributed by atoms with van der Waals surface area (Å²) in [5.74, 6) is 0.941. The van der Waals surface area contributed by atoms with Gasteiger partial charge in [0.05, 0.1) is 4.90 Å². The van der Waals surface area contributed by atoms with Crippen LogP contribution in [0, 0.1) is 12.8 Å². The molecule has 8 heteroatoms. The topological polar surface area (TPSA) is 101 Å². The molecule has 2 N–H and O–H groups in total. The van der Waals surface area contributed by atoms with E-state index < -0.39 is 10.0 Å². The number of carbonyl (C=O) groups is 1. The molecular formula is C18H23N3O4S. The van der Waals surface area contributed by atoms with E-state index in [-0.39, 0.29) is 10.8 Å². The number of aromatic nitrogens is 1. The van der Waals surface area contributed by atoms with Gasteiger partial charge in [-0.15, -0.1) is 0 Å². The maximum absolute atomic E-state index is 12.4. The fourth-order valence-electron chi connectivity index (χ4n) is 3.10. The Kier molecular flexibility index (Phi) is 5.73. The number of rotatable bonds is 6. The molecule has 26 heavy (non-hydrogen) atoms. The van der Waals surface area contributed by atoms with Crippen LogP contribution >= 0.6 is 0 Å². The molecular weight excluding hydrogens is 354 g/mol. The molecule has 0 aliphatic heterocycles. The van der Waals surface area contributed by atoms with Crippen molar-refractivity contribution in [2.75, 3.05) is 11.9 Å². The second kappa shape index (κ2) is 8.01. The molecule has 1 aromatic heterocycles. The molecule has 0 radical (unpaired) electrons. The fraction of sp³-hybridized carbons (Fsp3) is 0.444. The lowest BCUT2D eigenvalue weighted by Gasteiger charge is -2.21. The molecule has 1 amide bonds. The van der Waals surface area contributed by atoms with E-state index in [1.807, 2.05) is 0 Å². The van der Waals surface area contributed by atoms with Crippen LogP contribution in [-0.2, 0) is 10.0 Å². The molecule has 0 spiro atoms. The summed E-state index contributed by atoms with van der Waals surface area (Å²) in [6.45, 7) is 2.19. The minimum atomic E-state index is -3.57. The van der Waals surface area contributed by atoms with Crippen LogP contribution in [0.2, 0.25) is 0 Å². The molecule has 0 unspecified atom stereocenters. The van der Waals surface area contributed by atoms with Crippen molar-refractivity contribution >= 4 is 21.7 Å². The van der Waals surface area contributed by atoms with Gasteiger partial charge in [0.2, 0.25) is 10.0 Å². The van der Waals surface area contributed by atoms with Gasteiger partial charge in [-0.25, -0.2) is 13.1 Å². The lowest BCUT2D eigenvalue weighted by molar-refractivity contribution is 0.102. The van der Waals surface area contributed by atoms with Crippen molar-refractivity contribution in [1.29, 1.82) is 0 Å². The number of anilines is 1. The van der Waals surface area contributed by atoms with Crippen LogP contribution in [0.5, 0.6) is 0 Å². The summed E-state index contributed by atoms with van der Waals surface area (Å²) in [5, 5.41) is 6.29. The number of hydrogen-bond acceptors (Lipinski definition) is 5. The number of nitrogens with one attached hydrogen (secondary N) is 2. The Labute approximate surface area is 153 Å². The molecule has 0 saturated heterocycles. The molecule has 1 saturated carbocycles. The van der Waals surface area contributed by atoms with Crippen LogP contribution in [-0.4, -0.2) is 26.0 Å². The van der Waals surface area contributed by atoms with E-state index in [4.69, 9.17) is 4.52 Å². The molecule has 1 fully saturated rings. The molecule has 0 atom stereocenters. The number of nitrogens with zero attached hydrogens (tertiary/aromatic N) is 1. The number of amides is 1. The minimum absolute atomic E-state index is 0.155. The van der Waals surface area contributed by atoms with E-state index in [9.17, 15) is 13.2 Å². The molecule has 1 aliphatic rings. The molecule has 1 aliphatic carbocycles. The van der Waals surface area contributed by atoms with Gasteiger partial charge in [0, 0.05) is 18.2 Å². The molecule has 2 aromatic rings. The maximum atomic E-state index is 12.4. The fourth-order valence-corrected chi connectivity index (χ4v) is 4.22. The zero-order valence-electron chi connectivity index (χ0n) is 14.7. The van der Waals surface area contributed by atoms with Crippen LogP contribution in [0.4, 0.5) is 5.82 Å². The van der Waals surface area contributed by atoms with Gasteiger partial charge >= 0.3 is 0 Å². The highest BCUT2D eigenvalue weighted by atomic mass is 32.2. The summed E-state index contributed by atoms with van der Waals surface area (Å²) in [6, 6.07) is 7.44. The first kappa shape index (κ1) is 18.6. The van der Waals surface area contributed by atoms with Crippen LogP contribution in [0.15, 0.2) is 39.8 Å². The third-order valence-corrected chi connectivity index (χ3v) is 6.02. The highest BCUT2D eigenvalue weighted by Crippen LogP contribution is 2.23. The van der Waals surface area contributed by atoms with Crippen LogP contribution in [0.3, 0.4) is 0 Å². The van der Waals surface area contributed by atoms with Gasteiger partial charge in [0.15, 0.2) is 5.82 Å². The third kappa shape index (κ3) is 4.70. The molecule has 1 aromatic carbocycles. The number of aryl methyl sites for hydroxylation is 1. The van der Waals surface area contributed by atoms with Crippen molar-refractivity contribution in [1.82, 2.24) is 9.88 Å². The van der Waals surface area contributed by atoms with Crippen LogP contribution in [0.25, 0.3) is 0 Å². The molecule has 3 rings (SSSR count). The van der Waals surface area contributed by atoms with Crippen molar-refractivity contribution in [3.63, 3.8) is 0 Å². The van der Waals surface area contributed by atoms with E-state index in [1.54, 1.807) is 13.0 Å². The monoisotopic (exact) mass is 377 g/mol. The van der Waals surface area contributed by atoms with Gasteiger partial charge in [0.1, 0.15) is 5.76 Å². The molecule has 0 bridgehead atoms. The minimum Gasteiger partial charge on any atom is -0.360 e. The van der Waals surface area contributed by atoms with Crippen molar-refractivity contribution in [3.8, 4) is 0 Å². The van der Waals surface area contributed by atoms with Gasteiger partial charge in [-0.3, -0.25) is 4.79 Å². The maximum Gasteiger partial charge on any atom is 0.256 e. The number of carbonyl (C=O) groups excluding carboxylic acids is 1. The molecule has 7 nitrogen and oxygen atoms in total. The zero-order valence-corrected chi connectivity index (χ0v) is 15.5. The Morgan fingerprint density at radius 1 is 1.19 bits per heavy atom. The van der Waals surface area contributed by atoms with E-state index >= 15 is 0 Å². The van der Waals surface area contributed by atoms with Gasteiger partial charge in [-0.1, -0.05) is 24.4 Å². The Morgan fingerprint density at radius 3 is 2.50 bits per heavy atom. The summed E-state index contributed by atoms with van der Waals surface area (Å²) < 4.78 is 32.4. The quantitative estimate of drug-likeness (QED) is 0.805. The Bertz CT molecular complexity index is 853. The first-order valence-corrected chi connectivity index (χ1v) is 10.3. The highest BCUT2D eigenvalue weighted by Gasteiger charge is 2.19. The summed E-state index contributed by atoms with van der Waals surface area (Å²) >= 11 is 0. The lowest BCUT2D eigenvalue weighted by Crippen LogP contribution is -2.30. The predicted molar refractivity (Wildman–Crippen MR) is 97.4 cm³/mol. The molecule has 140 valence electrons. The number of hydrogen-bond donors (Lipinski definition) is 2. The first-order valence-electron chi connectivity index (χ1n) is 8.78. The number of benzene rings is 1. The van der Waals surface area contributed by atoms with Gasteiger partial charge in [-0.05, 0) is 49.9 Å². The van der Waals surface area contributed by atoms with Crippen LogP contribution in [0.1, 0.15) is 48.2 Å². The summed E-state index contributed by atoms with van der Waals surface area (Å²) in [4.78, 5) is 12.3. The Balaban J connectivity index is 1.61. The van der Waals surface area contributed by atoms with Crippen molar-refractivity contribution in [3.05, 3.63) is 41.7 Å². The van der Waals surface area contributed by atoms with E-state index in [1.165, 1.54) is 43.5 Å². The lowest BCUT2D eigenvalue weighted by atomic mass is 9.90. The zero-order chi connectivity index (χ0) is 18.6. The predicted octanol–water partition coefficient (Wildman–Crippen LogP) is 3.09. The smallest absolute Gasteiger partial charge is 0.256 e. The Hall–Kier alpha value is -2.19. The third-order valence-electron chi connectivity index (χ3n) is 4.58. The van der Waals surface area contributed by atoms with Crippen molar-refractivity contribution < 1.29 is 17.7 Å². The summed E-state index contributed by atoms with van der Waals surface area (Å²) in [6.07, 6.45) is 5.72. The van der Waals surface area contributed by atoms with E-state index in [2.05, 4.69) is 15.2 Å². The average Bonchev–Trinajstić information content (AvgIpc) is 3.06. The first-order chi connectivity index (χ1) is 12.4. The average molecular weight is 377 g/mol. The van der Waals surface area contributed by atoms with Gasteiger partial charge in [-0.2, -0.15) is 0 Å². The normalized spacial score (nSPS) is 15.7. The van der Waals surface area contributed by atoms with Gasteiger partial charge in [0.25, 0.3) is 5.91 Å². The van der Waals surface area contributed by atoms with Crippen molar-refractivity contribution in [2.45, 2.75) is 43.9 Å². The number of sulfonamides is 1. The van der Waals surface area contributed by atoms with Crippen LogP contribution < -0.4 is 10.0 Å². The second-order valence-electron chi connectivity index (χ2n) is 6.66. The van der Waals surface area contributed by atoms with E-state index in [0.29, 0.717) is 29.6 Å². The SMILES string of the molecule is Cc1cc(NC(=O)c2ccc(S(=O)(=O)NCC3CCCCC3)cc2)no1. The molecule has 1 heterocycles. The van der Waals surface area contributed by atoms with Crippen molar-refractivity contribution in [2.24, 2.45) is 5.92 Å². The van der Waals surface area contributed by atoms with Gasteiger partial charge < -0.3 is 9.84 Å².